The number of hydrogen-bond donors (Lipinski definition) is 2. The van der Waals surface area contributed by atoms with Crippen LogP contribution in [-0.2, 0) is 0 Å². The first-order valence-corrected chi connectivity index (χ1v) is 7.95. The summed E-state index contributed by atoms with van der Waals surface area (Å²) >= 11 is 5.73. The average Bonchev–Trinajstić information content (AvgIpc) is 2.58. The summed E-state index contributed by atoms with van der Waals surface area (Å²) in [6, 6.07) is 15.1. The number of halogens is 2. The minimum absolute atomic E-state index is 0.0469. The van der Waals surface area contributed by atoms with Gasteiger partial charge in [-0.2, -0.15) is 0 Å². The van der Waals surface area contributed by atoms with Gasteiger partial charge in [-0.1, -0.05) is 23.7 Å². The van der Waals surface area contributed by atoms with Crippen molar-refractivity contribution in [2.75, 3.05) is 10.6 Å². The summed E-state index contributed by atoms with van der Waals surface area (Å²) in [7, 11) is 0. The maximum Gasteiger partial charge on any atom is 0.255 e. The molecule has 2 aromatic carbocycles. The summed E-state index contributed by atoms with van der Waals surface area (Å²) in [6.07, 6.45) is 1.55. The smallest absolute Gasteiger partial charge is 0.255 e. The fourth-order valence-electron chi connectivity index (χ4n) is 2.29. The maximum absolute atomic E-state index is 13.2. The van der Waals surface area contributed by atoms with Crippen molar-refractivity contribution < 1.29 is 9.18 Å². The third kappa shape index (κ3) is 4.33. The second-order valence-electron chi connectivity index (χ2n) is 5.51. The number of carbonyl (C=O) groups excluding carboxylic acids is 1. The van der Waals surface area contributed by atoms with Crippen molar-refractivity contribution in [1.82, 2.24) is 4.98 Å². The van der Waals surface area contributed by atoms with E-state index in [9.17, 15) is 9.18 Å². The van der Waals surface area contributed by atoms with Crippen LogP contribution in [0.25, 0.3) is 0 Å². The van der Waals surface area contributed by atoms with Crippen LogP contribution in [0.3, 0.4) is 0 Å². The second kappa shape index (κ2) is 7.32. The molecule has 0 fully saturated rings. The van der Waals surface area contributed by atoms with E-state index >= 15 is 0 Å². The highest BCUT2D eigenvalue weighted by Crippen LogP contribution is 2.21. The number of amides is 1. The Kier molecular flexibility index (Phi) is 4.95. The molecule has 1 aromatic heterocycles. The Morgan fingerprint density at radius 1 is 1.08 bits per heavy atom. The summed E-state index contributed by atoms with van der Waals surface area (Å²) in [5.41, 5.74) is 2.84. The molecule has 0 aliphatic rings. The van der Waals surface area contributed by atoms with Crippen LogP contribution in [0.4, 0.5) is 21.6 Å². The van der Waals surface area contributed by atoms with Crippen LogP contribution < -0.4 is 10.6 Å². The quantitative estimate of drug-likeness (QED) is 0.678. The molecule has 4 nitrogen and oxygen atoms in total. The Morgan fingerprint density at radius 3 is 2.68 bits per heavy atom. The van der Waals surface area contributed by atoms with Crippen molar-refractivity contribution in [3.8, 4) is 0 Å². The van der Waals surface area contributed by atoms with Crippen LogP contribution in [-0.4, -0.2) is 10.9 Å². The molecule has 126 valence electrons. The van der Waals surface area contributed by atoms with Gasteiger partial charge in [0.25, 0.3) is 5.91 Å². The monoisotopic (exact) mass is 355 g/mol. The number of aromatic nitrogens is 1. The number of aryl methyl sites for hydroxylation is 1. The summed E-state index contributed by atoms with van der Waals surface area (Å²) in [5.74, 6) is -0.319. The number of hydrogen-bond acceptors (Lipinski definition) is 3. The van der Waals surface area contributed by atoms with Gasteiger partial charge in [-0.15, -0.1) is 0 Å². The molecule has 3 rings (SSSR count). The van der Waals surface area contributed by atoms with Crippen LogP contribution in [0.1, 0.15) is 15.9 Å². The van der Waals surface area contributed by atoms with E-state index in [1.807, 2.05) is 31.2 Å². The first kappa shape index (κ1) is 16.9. The molecular formula is C19H15ClFN3O. The van der Waals surface area contributed by atoms with Gasteiger partial charge in [0, 0.05) is 23.1 Å². The molecule has 2 N–H and O–H groups in total. The second-order valence-corrected chi connectivity index (χ2v) is 5.91. The largest absolute Gasteiger partial charge is 0.340 e. The third-order valence-electron chi connectivity index (χ3n) is 3.49. The van der Waals surface area contributed by atoms with E-state index < -0.39 is 5.82 Å². The summed E-state index contributed by atoms with van der Waals surface area (Å²) in [6.45, 7) is 2.00. The normalized spacial score (nSPS) is 10.4. The molecule has 1 amide bonds. The molecule has 1 heterocycles. The zero-order valence-corrected chi connectivity index (χ0v) is 14.1. The van der Waals surface area contributed by atoms with Gasteiger partial charge in [-0.05, 0) is 55.0 Å². The molecule has 25 heavy (non-hydrogen) atoms. The van der Waals surface area contributed by atoms with Crippen LogP contribution >= 0.6 is 11.6 Å². The van der Waals surface area contributed by atoms with Crippen LogP contribution in [0.15, 0.2) is 60.8 Å². The first-order valence-electron chi connectivity index (χ1n) is 7.57. The van der Waals surface area contributed by atoms with E-state index in [0.717, 1.165) is 11.3 Å². The van der Waals surface area contributed by atoms with Gasteiger partial charge in [-0.3, -0.25) is 4.79 Å². The van der Waals surface area contributed by atoms with Crippen molar-refractivity contribution in [3.05, 3.63) is 82.8 Å². The predicted molar refractivity (Wildman–Crippen MR) is 98.1 cm³/mol. The third-order valence-corrected chi connectivity index (χ3v) is 3.78. The Balaban J connectivity index is 1.76. The fraction of sp³-hybridized carbons (Fsp3) is 0.0526. The Hall–Kier alpha value is -2.92. The molecular weight excluding hydrogens is 341 g/mol. The highest BCUT2D eigenvalue weighted by molar-refractivity contribution is 6.31. The lowest BCUT2D eigenvalue weighted by Crippen LogP contribution is -2.12. The Labute approximate surface area is 149 Å². The molecule has 0 saturated carbocycles. The lowest BCUT2D eigenvalue weighted by atomic mass is 10.2. The lowest BCUT2D eigenvalue weighted by molar-refractivity contribution is 0.102. The number of rotatable bonds is 4. The highest BCUT2D eigenvalue weighted by Gasteiger charge is 2.09. The number of benzene rings is 2. The molecule has 3 aromatic rings. The molecule has 0 atom stereocenters. The van der Waals surface area contributed by atoms with E-state index in [0.29, 0.717) is 17.1 Å². The van der Waals surface area contributed by atoms with E-state index in [2.05, 4.69) is 15.6 Å². The molecule has 0 unspecified atom stereocenters. The molecule has 0 aliphatic heterocycles. The van der Waals surface area contributed by atoms with E-state index in [1.54, 1.807) is 18.3 Å². The van der Waals surface area contributed by atoms with Crippen molar-refractivity contribution in [2.45, 2.75) is 6.92 Å². The summed E-state index contributed by atoms with van der Waals surface area (Å²) in [5, 5.41) is 5.79. The van der Waals surface area contributed by atoms with Crippen LogP contribution in [0.5, 0.6) is 0 Å². The molecule has 0 bridgehead atoms. The van der Waals surface area contributed by atoms with Gasteiger partial charge < -0.3 is 10.6 Å². The van der Waals surface area contributed by atoms with Crippen molar-refractivity contribution in [1.29, 1.82) is 0 Å². The Bertz CT molecular complexity index is 930. The lowest BCUT2D eigenvalue weighted by Gasteiger charge is -2.09. The molecule has 0 aliphatic carbocycles. The number of nitrogens with zero attached hydrogens (tertiary/aromatic N) is 1. The standard InChI is InChI=1S/C19H15ClFN3O/c1-12-3-2-4-14(9-12)23-18-10-13(7-8-22-18)19(25)24-15-5-6-17(21)16(20)11-15/h2-11H,1H3,(H,22,23)(H,24,25). The zero-order chi connectivity index (χ0) is 17.8. The predicted octanol–water partition coefficient (Wildman–Crippen LogP) is 5.18. The number of carbonyl (C=O) groups is 1. The summed E-state index contributed by atoms with van der Waals surface area (Å²) < 4.78 is 13.2. The van der Waals surface area contributed by atoms with E-state index in [-0.39, 0.29) is 10.9 Å². The Morgan fingerprint density at radius 2 is 1.92 bits per heavy atom. The summed E-state index contributed by atoms with van der Waals surface area (Å²) in [4.78, 5) is 16.6. The fourth-order valence-corrected chi connectivity index (χ4v) is 2.47. The van der Waals surface area contributed by atoms with E-state index in [4.69, 9.17) is 11.6 Å². The number of anilines is 3. The minimum atomic E-state index is -0.534. The van der Waals surface area contributed by atoms with Crippen molar-refractivity contribution in [2.24, 2.45) is 0 Å². The van der Waals surface area contributed by atoms with Crippen molar-refractivity contribution >= 4 is 34.7 Å². The molecule has 0 spiro atoms. The topological polar surface area (TPSA) is 54.0 Å². The van der Waals surface area contributed by atoms with Gasteiger partial charge in [0.05, 0.1) is 5.02 Å². The van der Waals surface area contributed by atoms with Gasteiger partial charge in [-0.25, -0.2) is 9.37 Å². The van der Waals surface area contributed by atoms with Crippen LogP contribution in [0.2, 0.25) is 5.02 Å². The number of pyridine rings is 1. The van der Waals surface area contributed by atoms with Gasteiger partial charge in [0.15, 0.2) is 0 Å². The molecule has 6 heteroatoms. The first-order chi connectivity index (χ1) is 12.0. The SMILES string of the molecule is Cc1cccc(Nc2cc(C(=O)Nc3ccc(F)c(Cl)c3)ccn2)c1. The van der Waals surface area contributed by atoms with Crippen molar-refractivity contribution in [3.63, 3.8) is 0 Å². The maximum atomic E-state index is 13.2. The van der Waals surface area contributed by atoms with Gasteiger partial charge >= 0.3 is 0 Å². The van der Waals surface area contributed by atoms with E-state index in [1.165, 1.54) is 18.2 Å². The average molecular weight is 356 g/mol. The molecule has 0 saturated heterocycles. The zero-order valence-electron chi connectivity index (χ0n) is 13.4. The van der Waals surface area contributed by atoms with Gasteiger partial charge in [0.2, 0.25) is 0 Å². The highest BCUT2D eigenvalue weighted by atomic mass is 35.5. The minimum Gasteiger partial charge on any atom is -0.340 e. The molecule has 0 radical (unpaired) electrons. The van der Waals surface area contributed by atoms with Crippen LogP contribution in [0, 0.1) is 12.7 Å². The van der Waals surface area contributed by atoms with Gasteiger partial charge in [0.1, 0.15) is 11.6 Å². The number of nitrogens with one attached hydrogen (secondary N) is 2.